The molecule has 1 aliphatic carbocycles. The summed E-state index contributed by atoms with van der Waals surface area (Å²) in [7, 11) is 0. The molecule has 0 saturated heterocycles. The predicted molar refractivity (Wildman–Crippen MR) is 84.6 cm³/mol. The van der Waals surface area contributed by atoms with Crippen molar-refractivity contribution in [3.05, 3.63) is 28.8 Å². The monoisotopic (exact) mass is 310 g/mol. The van der Waals surface area contributed by atoms with Gasteiger partial charge in [-0.05, 0) is 63.3 Å². The third kappa shape index (κ3) is 3.89. The Balaban J connectivity index is 1.97. The van der Waals surface area contributed by atoms with Gasteiger partial charge in [0, 0.05) is 11.6 Å². The molecule has 2 unspecified atom stereocenters. The quantitative estimate of drug-likeness (QED) is 0.849. The molecule has 116 valence electrons. The molecular weight excluding hydrogens is 288 g/mol. The van der Waals surface area contributed by atoms with Gasteiger partial charge in [0.15, 0.2) is 6.10 Å². The van der Waals surface area contributed by atoms with Gasteiger partial charge in [-0.2, -0.15) is 0 Å². The van der Waals surface area contributed by atoms with Crippen molar-refractivity contribution >= 4 is 17.5 Å². The minimum atomic E-state index is -0.574. The van der Waals surface area contributed by atoms with Crippen LogP contribution in [0.5, 0.6) is 5.75 Å². The van der Waals surface area contributed by atoms with Crippen LogP contribution in [0, 0.1) is 12.8 Å². The average molecular weight is 311 g/mol. The molecule has 0 spiro atoms. The van der Waals surface area contributed by atoms with Gasteiger partial charge in [0.05, 0.1) is 5.54 Å². The van der Waals surface area contributed by atoms with E-state index >= 15 is 0 Å². The molecule has 3 N–H and O–H groups in total. The highest BCUT2D eigenvalue weighted by Crippen LogP contribution is 2.39. The van der Waals surface area contributed by atoms with Crippen molar-refractivity contribution < 1.29 is 9.53 Å². The fourth-order valence-electron chi connectivity index (χ4n) is 2.37. The van der Waals surface area contributed by atoms with Gasteiger partial charge in [-0.1, -0.05) is 11.6 Å². The summed E-state index contributed by atoms with van der Waals surface area (Å²) in [6.07, 6.45) is 1.68. The molecule has 1 saturated carbocycles. The number of halogens is 1. The van der Waals surface area contributed by atoms with Gasteiger partial charge in [-0.15, -0.1) is 0 Å². The first kappa shape index (κ1) is 16.1. The lowest BCUT2D eigenvalue weighted by Crippen LogP contribution is -2.56. The lowest BCUT2D eigenvalue weighted by Gasteiger charge is -2.31. The summed E-state index contributed by atoms with van der Waals surface area (Å²) in [6, 6.07) is 5.36. The Kier molecular flexibility index (Phi) is 4.79. The Morgan fingerprint density at radius 2 is 2.24 bits per heavy atom. The number of amides is 1. The van der Waals surface area contributed by atoms with Crippen LogP contribution in [0.25, 0.3) is 0 Å². The molecule has 1 fully saturated rings. The maximum absolute atomic E-state index is 12.3. The second-order valence-electron chi connectivity index (χ2n) is 6.06. The van der Waals surface area contributed by atoms with Gasteiger partial charge < -0.3 is 15.8 Å². The summed E-state index contributed by atoms with van der Waals surface area (Å²) >= 11 is 5.98. The van der Waals surface area contributed by atoms with Gasteiger partial charge >= 0.3 is 0 Å². The van der Waals surface area contributed by atoms with Crippen LogP contribution in [0.2, 0.25) is 5.02 Å². The largest absolute Gasteiger partial charge is 0.481 e. The van der Waals surface area contributed by atoms with Gasteiger partial charge in [-0.3, -0.25) is 4.79 Å². The molecule has 21 heavy (non-hydrogen) atoms. The molecule has 0 heterocycles. The van der Waals surface area contributed by atoms with E-state index in [2.05, 4.69) is 5.32 Å². The van der Waals surface area contributed by atoms with E-state index in [1.807, 2.05) is 19.9 Å². The number of rotatable bonds is 6. The lowest BCUT2D eigenvalue weighted by molar-refractivity contribution is -0.129. The Bertz CT molecular complexity index is 531. The first-order chi connectivity index (χ1) is 9.85. The molecule has 1 aromatic rings. The molecule has 0 radical (unpaired) electrons. The zero-order valence-electron chi connectivity index (χ0n) is 12.8. The Hall–Kier alpha value is -1.26. The van der Waals surface area contributed by atoms with Crippen molar-refractivity contribution in [2.24, 2.45) is 11.7 Å². The highest BCUT2D eigenvalue weighted by atomic mass is 35.5. The van der Waals surface area contributed by atoms with Crippen LogP contribution in [0.15, 0.2) is 18.2 Å². The van der Waals surface area contributed by atoms with Gasteiger partial charge in [0.2, 0.25) is 0 Å². The third-order valence-corrected chi connectivity index (χ3v) is 4.55. The molecule has 2 atom stereocenters. The second-order valence-corrected chi connectivity index (χ2v) is 6.46. The summed E-state index contributed by atoms with van der Waals surface area (Å²) < 4.78 is 5.69. The minimum Gasteiger partial charge on any atom is -0.481 e. The van der Waals surface area contributed by atoms with E-state index in [1.165, 1.54) is 0 Å². The number of benzene rings is 1. The van der Waals surface area contributed by atoms with Crippen LogP contribution in [-0.2, 0) is 4.79 Å². The van der Waals surface area contributed by atoms with Crippen LogP contribution in [-0.4, -0.2) is 24.1 Å². The van der Waals surface area contributed by atoms with Crippen LogP contribution < -0.4 is 15.8 Å². The highest BCUT2D eigenvalue weighted by Gasteiger charge is 2.42. The van der Waals surface area contributed by atoms with E-state index in [1.54, 1.807) is 19.1 Å². The molecule has 1 amide bonds. The molecule has 5 heteroatoms. The molecular formula is C16H23ClN2O2. The summed E-state index contributed by atoms with van der Waals surface area (Å²) in [5.41, 5.74) is 6.41. The predicted octanol–water partition coefficient (Wildman–Crippen LogP) is 2.66. The second kappa shape index (κ2) is 6.24. The Labute approximate surface area is 131 Å². The standard InChI is InChI=1S/C16H23ClN2O2/c1-10-8-13(6-7-14(10)17)21-11(2)15(20)19-16(3,9-18)12-4-5-12/h6-8,11-12H,4-5,9,18H2,1-3H3,(H,19,20). The van der Waals surface area contributed by atoms with E-state index in [0.29, 0.717) is 23.2 Å². The zero-order valence-corrected chi connectivity index (χ0v) is 13.5. The molecule has 4 nitrogen and oxygen atoms in total. The van der Waals surface area contributed by atoms with Gasteiger partial charge in [0.25, 0.3) is 5.91 Å². The Morgan fingerprint density at radius 1 is 1.57 bits per heavy atom. The number of carbonyl (C=O) groups excluding carboxylic acids is 1. The maximum Gasteiger partial charge on any atom is 0.261 e. The lowest BCUT2D eigenvalue weighted by atomic mass is 9.95. The number of aryl methyl sites for hydroxylation is 1. The number of hydrogen-bond donors (Lipinski definition) is 2. The topological polar surface area (TPSA) is 64.3 Å². The maximum atomic E-state index is 12.3. The van der Waals surface area contributed by atoms with E-state index < -0.39 is 6.10 Å². The van der Waals surface area contributed by atoms with Gasteiger partial charge in [0.1, 0.15) is 5.75 Å². The fourth-order valence-corrected chi connectivity index (χ4v) is 2.49. The Morgan fingerprint density at radius 3 is 2.76 bits per heavy atom. The number of nitrogens with one attached hydrogen (secondary N) is 1. The number of nitrogens with two attached hydrogens (primary N) is 1. The van der Waals surface area contributed by atoms with E-state index in [0.717, 1.165) is 18.4 Å². The third-order valence-electron chi connectivity index (χ3n) is 4.12. The van der Waals surface area contributed by atoms with Crippen molar-refractivity contribution in [2.75, 3.05) is 6.54 Å². The first-order valence-electron chi connectivity index (χ1n) is 7.30. The average Bonchev–Trinajstić information content (AvgIpc) is 3.27. The van der Waals surface area contributed by atoms with Crippen LogP contribution >= 0.6 is 11.6 Å². The van der Waals surface area contributed by atoms with Crippen molar-refractivity contribution in [3.8, 4) is 5.75 Å². The van der Waals surface area contributed by atoms with E-state index in [9.17, 15) is 4.79 Å². The van der Waals surface area contributed by atoms with Crippen molar-refractivity contribution in [1.29, 1.82) is 0 Å². The molecule has 0 aromatic heterocycles. The van der Waals surface area contributed by atoms with Crippen LogP contribution in [0.4, 0.5) is 0 Å². The highest BCUT2D eigenvalue weighted by molar-refractivity contribution is 6.31. The van der Waals surface area contributed by atoms with Crippen molar-refractivity contribution in [2.45, 2.75) is 45.3 Å². The normalized spacial score (nSPS) is 18.7. The molecule has 1 aromatic carbocycles. The fraction of sp³-hybridized carbons (Fsp3) is 0.562. The number of hydrogen-bond acceptors (Lipinski definition) is 3. The van der Waals surface area contributed by atoms with E-state index in [-0.39, 0.29) is 11.4 Å². The SMILES string of the molecule is Cc1cc(OC(C)C(=O)NC(C)(CN)C2CC2)ccc1Cl. The van der Waals surface area contributed by atoms with Crippen LogP contribution in [0.1, 0.15) is 32.3 Å². The molecule has 0 bridgehead atoms. The molecule has 0 aliphatic heterocycles. The van der Waals surface area contributed by atoms with Crippen molar-refractivity contribution in [1.82, 2.24) is 5.32 Å². The van der Waals surface area contributed by atoms with Gasteiger partial charge in [-0.25, -0.2) is 0 Å². The van der Waals surface area contributed by atoms with Crippen LogP contribution in [0.3, 0.4) is 0 Å². The zero-order chi connectivity index (χ0) is 15.6. The molecule has 1 aliphatic rings. The molecule has 2 rings (SSSR count). The smallest absolute Gasteiger partial charge is 0.261 e. The van der Waals surface area contributed by atoms with Crippen molar-refractivity contribution in [3.63, 3.8) is 0 Å². The summed E-state index contributed by atoms with van der Waals surface area (Å²) in [6.45, 7) is 6.08. The minimum absolute atomic E-state index is 0.137. The number of carbonyl (C=O) groups is 1. The van der Waals surface area contributed by atoms with E-state index in [4.69, 9.17) is 22.1 Å². The summed E-state index contributed by atoms with van der Waals surface area (Å²) in [5, 5.41) is 3.72. The summed E-state index contributed by atoms with van der Waals surface area (Å²) in [4.78, 5) is 12.3. The number of ether oxygens (including phenoxy) is 1. The summed E-state index contributed by atoms with van der Waals surface area (Å²) in [5.74, 6) is 0.985. The first-order valence-corrected chi connectivity index (χ1v) is 7.68.